The number of para-hydroxylation sites is 4. The van der Waals surface area contributed by atoms with Gasteiger partial charge in [-0.3, -0.25) is 18.7 Å². The number of hydrogen-bond donors (Lipinski definition) is 4. The van der Waals surface area contributed by atoms with E-state index in [0.29, 0.717) is 12.8 Å². The Bertz CT molecular complexity index is 1550. The molecule has 2 aliphatic rings. The van der Waals surface area contributed by atoms with E-state index >= 15 is 0 Å². The number of carbonyl (C=O) groups is 2. The number of hydrogen-bond acceptors (Lipinski definition) is 6. The van der Waals surface area contributed by atoms with Crippen molar-refractivity contribution in [2.45, 2.75) is 63.5 Å². The molecule has 0 bridgehead atoms. The first-order chi connectivity index (χ1) is 21.3. The number of carboxylic acids is 2. The average Bonchev–Trinajstić information content (AvgIpc) is 3.53. The van der Waals surface area contributed by atoms with Crippen LogP contribution in [-0.2, 0) is 9.59 Å². The lowest BCUT2D eigenvalue weighted by Crippen LogP contribution is -2.37. The van der Waals surface area contributed by atoms with Crippen molar-refractivity contribution in [3.63, 3.8) is 0 Å². The predicted molar refractivity (Wildman–Crippen MR) is 168 cm³/mol. The molecular weight excluding hydrogens is 564 g/mol. The van der Waals surface area contributed by atoms with Crippen molar-refractivity contribution >= 4 is 34.0 Å². The molecule has 12 nitrogen and oxygen atoms in total. The molecule has 0 unspecified atom stereocenters. The van der Waals surface area contributed by atoms with E-state index in [1.165, 1.54) is 0 Å². The maximum atomic E-state index is 12.2. The van der Waals surface area contributed by atoms with Gasteiger partial charge >= 0.3 is 23.3 Å². The zero-order valence-corrected chi connectivity index (χ0v) is 25.0. The first-order valence-corrected chi connectivity index (χ1v) is 15.6. The maximum absolute atomic E-state index is 12.2. The first kappa shape index (κ1) is 31.3. The van der Waals surface area contributed by atoms with Gasteiger partial charge in [-0.15, -0.1) is 0 Å². The lowest BCUT2D eigenvalue weighted by Gasteiger charge is -2.32. The van der Waals surface area contributed by atoms with Crippen LogP contribution < -0.4 is 11.4 Å². The first-order valence-electron chi connectivity index (χ1n) is 15.6. The zero-order valence-electron chi connectivity index (χ0n) is 25.0. The molecule has 0 saturated carbocycles. The molecule has 4 aromatic rings. The van der Waals surface area contributed by atoms with Crippen molar-refractivity contribution in [3.8, 4) is 0 Å². The highest BCUT2D eigenvalue weighted by molar-refractivity contribution is 5.75. The Labute approximate surface area is 254 Å². The second kappa shape index (κ2) is 14.5. The lowest BCUT2D eigenvalue weighted by atomic mass is 10.0. The SMILES string of the molecule is O=C(O)CCCN1CCC(n2c(=O)[nH]c3ccccc32)CC1.O=C(O)CCCN1CCC(n2c(=O)[nH]c3ccccc32)CC1. The van der Waals surface area contributed by atoms with Crippen LogP contribution in [0.15, 0.2) is 58.1 Å². The van der Waals surface area contributed by atoms with Crippen LogP contribution in [0.5, 0.6) is 0 Å². The van der Waals surface area contributed by atoms with Crippen LogP contribution in [0.1, 0.15) is 63.5 Å². The molecule has 0 spiro atoms. The number of imidazole rings is 2. The van der Waals surface area contributed by atoms with Crippen LogP contribution >= 0.6 is 0 Å². The maximum Gasteiger partial charge on any atom is 0.326 e. The molecule has 0 amide bonds. The van der Waals surface area contributed by atoms with Gasteiger partial charge in [-0.1, -0.05) is 24.3 Å². The zero-order chi connectivity index (χ0) is 31.1. The fourth-order valence-corrected chi connectivity index (χ4v) is 6.58. The molecule has 2 fully saturated rings. The Morgan fingerprint density at radius 3 is 1.36 bits per heavy atom. The highest BCUT2D eigenvalue weighted by Crippen LogP contribution is 2.26. The number of nitrogens with one attached hydrogen (secondary N) is 2. The fourth-order valence-electron chi connectivity index (χ4n) is 6.58. The Hall–Kier alpha value is -4.16. The number of aliphatic carboxylic acids is 2. The summed E-state index contributed by atoms with van der Waals surface area (Å²) in [5.41, 5.74) is 3.64. The van der Waals surface area contributed by atoms with Crippen molar-refractivity contribution < 1.29 is 19.8 Å². The van der Waals surface area contributed by atoms with Gasteiger partial charge in [0.15, 0.2) is 0 Å². The minimum Gasteiger partial charge on any atom is -0.481 e. The van der Waals surface area contributed by atoms with Gasteiger partial charge in [0, 0.05) is 51.1 Å². The third-order valence-electron chi connectivity index (χ3n) is 8.82. The van der Waals surface area contributed by atoms with E-state index in [9.17, 15) is 19.2 Å². The molecule has 0 atom stereocenters. The molecule has 2 aromatic carbocycles. The topological polar surface area (TPSA) is 157 Å². The summed E-state index contributed by atoms with van der Waals surface area (Å²) in [6.07, 6.45) is 5.52. The van der Waals surface area contributed by atoms with Crippen LogP contribution in [0.2, 0.25) is 0 Å². The molecule has 2 aliphatic heterocycles. The van der Waals surface area contributed by atoms with Gasteiger partial charge < -0.3 is 30.0 Å². The summed E-state index contributed by atoms with van der Waals surface area (Å²) in [7, 11) is 0. The lowest BCUT2D eigenvalue weighted by molar-refractivity contribution is -0.138. The Morgan fingerprint density at radius 2 is 1.00 bits per heavy atom. The molecule has 12 heteroatoms. The molecule has 0 aliphatic carbocycles. The number of H-pyrrole nitrogens is 2. The highest BCUT2D eigenvalue weighted by atomic mass is 16.4. The summed E-state index contributed by atoms with van der Waals surface area (Å²) in [4.78, 5) is 55.9. The molecule has 2 saturated heterocycles. The van der Waals surface area contributed by atoms with Crippen molar-refractivity contribution in [2.24, 2.45) is 0 Å². The summed E-state index contributed by atoms with van der Waals surface area (Å²) < 4.78 is 3.76. The molecule has 2 aromatic heterocycles. The molecular formula is C32H42N6O6. The fraction of sp³-hybridized carbons (Fsp3) is 0.500. The van der Waals surface area contributed by atoms with E-state index in [2.05, 4.69) is 19.8 Å². The van der Waals surface area contributed by atoms with E-state index in [-0.39, 0.29) is 36.3 Å². The second-order valence-electron chi connectivity index (χ2n) is 11.8. The van der Waals surface area contributed by atoms with Crippen molar-refractivity contribution in [1.29, 1.82) is 0 Å². The Morgan fingerprint density at radius 1 is 0.636 bits per heavy atom. The number of rotatable bonds is 10. The van der Waals surface area contributed by atoms with E-state index in [0.717, 1.165) is 87.0 Å². The molecule has 6 rings (SSSR count). The number of aromatic nitrogens is 4. The number of carboxylic acid groups (broad SMARTS) is 2. The average molecular weight is 607 g/mol. The van der Waals surface area contributed by atoms with E-state index < -0.39 is 11.9 Å². The molecule has 4 N–H and O–H groups in total. The van der Waals surface area contributed by atoms with Crippen LogP contribution in [0.4, 0.5) is 0 Å². The van der Waals surface area contributed by atoms with Gasteiger partial charge in [0.1, 0.15) is 0 Å². The van der Waals surface area contributed by atoms with Crippen molar-refractivity contribution in [2.75, 3.05) is 39.3 Å². The number of aromatic amines is 2. The summed E-state index contributed by atoms with van der Waals surface area (Å²) in [5.74, 6) is -1.47. The van der Waals surface area contributed by atoms with Gasteiger partial charge in [-0.25, -0.2) is 9.59 Å². The highest BCUT2D eigenvalue weighted by Gasteiger charge is 2.24. The smallest absolute Gasteiger partial charge is 0.326 e. The molecule has 236 valence electrons. The Balaban J connectivity index is 0.000000175. The van der Waals surface area contributed by atoms with Crippen molar-refractivity contribution in [3.05, 3.63) is 69.5 Å². The normalized spacial score (nSPS) is 17.1. The van der Waals surface area contributed by atoms with Gasteiger partial charge in [0.05, 0.1) is 22.1 Å². The molecule has 44 heavy (non-hydrogen) atoms. The molecule has 4 heterocycles. The monoisotopic (exact) mass is 606 g/mol. The quantitative estimate of drug-likeness (QED) is 0.213. The van der Waals surface area contributed by atoms with Crippen LogP contribution in [-0.4, -0.2) is 90.3 Å². The number of nitrogens with zero attached hydrogens (tertiary/aromatic N) is 4. The third-order valence-corrected chi connectivity index (χ3v) is 8.82. The minimum atomic E-state index is -0.736. The van der Waals surface area contributed by atoms with E-state index in [1.54, 1.807) is 0 Å². The molecule has 0 radical (unpaired) electrons. The number of fused-ring (bicyclic) bond motifs is 2. The van der Waals surface area contributed by atoms with E-state index in [4.69, 9.17) is 10.2 Å². The summed E-state index contributed by atoms with van der Waals surface area (Å²) in [6.45, 7) is 5.29. The van der Waals surface area contributed by atoms with Gasteiger partial charge in [0.25, 0.3) is 0 Å². The number of likely N-dealkylation sites (tertiary alicyclic amines) is 2. The standard InChI is InChI=1S/2C16H21N3O3/c2*20-15(21)6-3-9-18-10-7-12(8-11-18)19-14-5-2-1-4-13(14)17-16(19)22/h2*1-2,4-5,12H,3,6-11H2,(H,17,22)(H,20,21). The van der Waals surface area contributed by atoms with Gasteiger partial charge in [-0.2, -0.15) is 0 Å². The van der Waals surface area contributed by atoms with Crippen LogP contribution in [0, 0.1) is 0 Å². The predicted octanol–water partition coefficient (Wildman–Crippen LogP) is 3.66. The van der Waals surface area contributed by atoms with Gasteiger partial charge in [0.2, 0.25) is 0 Å². The van der Waals surface area contributed by atoms with Crippen molar-refractivity contribution in [1.82, 2.24) is 28.9 Å². The summed E-state index contributed by atoms with van der Waals surface area (Å²) in [6, 6.07) is 16.0. The minimum absolute atomic E-state index is 0.0365. The van der Waals surface area contributed by atoms with Gasteiger partial charge in [-0.05, 0) is 75.9 Å². The largest absolute Gasteiger partial charge is 0.481 e. The Kier molecular flexibility index (Phi) is 10.3. The summed E-state index contributed by atoms with van der Waals surface area (Å²) in [5, 5.41) is 17.4. The van der Waals surface area contributed by atoms with Crippen LogP contribution in [0.25, 0.3) is 22.1 Å². The number of piperidine rings is 2. The summed E-state index contributed by atoms with van der Waals surface area (Å²) >= 11 is 0. The number of benzene rings is 2. The third kappa shape index (κ3) is 7.67. The van der Waals surface area contributed by atoms with Crippen LogP contribution in [0.3, 0.4) is 0 Å². The second-order valence-corrected chi connectivity index (χ2v) is 11.8. The van der Waals surface area contributed by atoms with E-state index in [1.807, 2.05) is 57.7 Å².